The van der Waals surface area contributed by atoms with Crippen LogP contribution >= 0.6 is 11.6 Å². The summed E-state index contributed by atoms with van der Waals surface area (Å²) in [4.78, 5) is 24.8. The first-order valence-electron chi connectivity index (χ1n) is 6.68. The number of Topliss-reactive ketones (excluding diaryl/α,β-unsaturated/α-hetero) is 1. The van der Waals surface area contributed by atoms with Gasteiger partial charge in [-0.2, -0.15) is 0 Å². The topological polar surface area (TPSA) is 89.6 Å². The van der Waals surface area contributed by atoms with Gasteiger partial charge in [-0.3, -0.25) is 9.59 Å². The Labute approximate surface area is 123 Å². The molecule has 3 aliphatic rings. The molecule has 1 fully saturated rings. The zero-order valence-electron chi connectivity index (χ0n) is 11.9. The van der Waals surface area contributed by atoms with Gasteiger partial charge in [0.15, 0.2) is 5.78 Å². The second-order valence-electron chi connectivity index (χ2n) is 5.84. The van der Waals surface area contributed by atoms with E-state index in [1.807, 2.05) is 0 Å². The molecule has 3 rings (SSSR count). The van der Waals surface area contributed by atoms with Crippen LogP contribution in [0, 0.1) is 17.3 Å². The largest absolute Gasteiger partial charge is 0.466 e. The van der Waals surface area contributed by atoms with Gasteiger partial charge in [-0.05, 0) is 20.8 Å². The molecule has 0 heterocycles. The molecule has 0 saturated heterocycles. The van der Waals surface area contributed by atoms with Crippen LogP contribution in [0.5, 0.6) is 0 Å². The Kier molecular flexibility index (Phi) is 3.73. The summed E-state index contributed by atoms with van der Waals surface area (Å²) < 4.78 is 5.04. The standard InChI is InChI=1S/C14H20ClNO4/c1-4-20-11(17)9-10(16)8-7(2)5-13(9,3)12(18)14(8,19)6-15/h5,8-10,19H,4,6,16H2,1-3H3/t8-,9+,10+,13+,14+/m1/s1. The van der Waals surface area contributed by atoms with Crippen LogP contribution in [0.1, 0.15) is 20.8 Å². The molecule has 0 spiro atoms. The zero-order valence-corrected chi connectivity index (χ0v) is 12.6. The number of hydrogen-bond acceptors (Lipinski definition) is 5. The molecule has 20 heavy (non-hydrogen) atoms. The third-order valence-electron chi connectivity index (χ3n) is 4.58. The average Bonchev–Trinajstić information content (AvgIpc) is 2.35. The van der Waals surface area contributed by atoms with Crippen molar-refractivity contribution in [3.05, 3.63) is 11.6 Å². The number of ether oxygens (including phenoxy) is 1. The molecule has 0 aromatic heterocycles. The maximum atomic E-state index is 12.6. The van der Waals surface area contributed by atoms with Crippen molar-refractivity contribution in [2.24, 2.45) is 23.0 Å². The van der Waals surface area contributed by atoms with E-state index in [1.54, 1.807) is 26.8 Å². The smallest absolute Gasteiger partial charge is 0.311 e. The van der Waals surface area contributed by atoms with Gasteiger partial charge in [-0.15, -0.1) is 11.6 Å². The van der Waals surface area contributed by atoms with Gasteiger partial charge in [0, 0.05) is 12.0 Å². The van der Waals surface area contributed by atoms with Crippen molar-refractivity contribution in [1.29, 1.82) is 0 Å². The Bertz CT molecular complexity index is 492. The third kappa shape index (κ3) is 1.76. The number of halogens is 1. The van der Waals surface area contributed by atoms with E-state index in [0.29, 0.717) is 0 Å². The number of carbonyl (C=O) groups is 2. The summed E-state index contributed by atoms with van der Waals surface area (Å²) in [6.45, 7) is 5.34. The fraction of sp³-hybridized carbons (Fsp3) is 0.714. The molecule has 3 N–H and O–H groups in total. The highest BCUT2D eigenvalue weighted by atomic mass is 35.5. The van der Waals surface area contributed by atoms with E-state index in [-0.39, 0.29) is 12.5 Å². The molecule has 0 unspecified atom stereocenters. The number of aliphatic hydroxyl groups is 1. The third-order valence-corrected chi connectivity index (χ3v) is 4.98. The second kappa shape index (κ2) is 4.83. The predicted octanol–water partition coefficient (Wildman–Crippen LogP) is 0.628. The molecule has 1 saturated carbocycles. The predicted molar refractivity (Wildman–Crippen MR) is 74.1 cm³/mol. The van der Waals surface area contributed by atoms with Gasteiger partial charge in [-0.25, -0.2) is 0 Å². The van der Waals surface area contributed by atoms with E-state index in [2.05, 4.69) is 0 Å². The average molecular weight is 302 g/mol. The Hall–Kier alpha value is -0.910. The Morgan fingerprint density at radius 3 is 2.70 bits per heavy atom. The van der Waals surface area contributed by atoms with Gasteiger partial charge >= 0.3 is 5.97 Å². The summed E-state index contributed by atoms with van der Waals surface area (Å²) in [5, 5.41) is 10.6. The Balaban J connectivity index is 2.55. The highest BCUT2D eigenvalue weighted by Gasteiger charge is 2.67. The monoisotopic (exact) mass is 301 g/mol. The summed E-state index contributed by atoms with van der Waals surface area (Å²) in [5.74, 6) is -2.62. The van der Waals surface area contributed by atoms with Gasteiger partial charge in [0.1, 0.15) is 5.60 Å². The minimum atomic E-state index is -1.71. The molecule has 0 amide bonds. The van der Waals surface area contributed by atoms with E-state index >= 15 is 0 Å². The van der Waals surface area contributed by atoms with Gasteiger partial charge in [-0.1, -0.05) is 11.6 Å². The van der Waals surface area contributed by atoms with Crippen LogP contribution in [0.25, 0.3) is 0 Å². The maximum absolute atomic E-state index is 12.6. The van der Waals surface area contributed by atoms with E-state index < -0.39 is 40.6 Å². The molecule has 0 aliphatic heterocycles. The fourth-order valence-electron chi connectivity index (χ4n) is 3.84. The molecule has 6 heteroatoms. The lowest BCUT2D eigenvalue weighted by Gasteiger charge is -2.56. The number of nitrogens with two attached hydrogens (primary N) is 1. The van der Waals surface area contributed by atoms with Crippen LogP contribution in [0.4, 0.5) is 0 Å². The highest BCUT2D eigenvalue weighted by Crippen LogP contribution is 2.54. The first kappa shape index (κ1) is 15.5. The van der Waals surface area contributed by atoms with Crippen LogP contribution in [0.2, 0.25) is 0 Å². The van der Waals surface area contributed by atoms with Crippen LogP contribution in [0.3, 0.4) is 0 Å². The summed E-state index contributed by atoms with van der Waals surface area (Å²) in [7, 11) is 0. The number of fused-ring (bicyclic) bond motifs is 2. The number of allylic oxidation sites excluding steroid dienone is 1. The lowest BCUT2D eigenvalue weighted by Crippen LogP contribution is -2.72. The second-order valence-corrected chi connectivity index (χ2v) is 6.11. The quantitative estimate of drug-likeness (QED) is 0.453. The molecule has 0 aromatic rings. The molecular weight excluding hydrogens is 282 g/mol. The zero-order chi connectivity index (χ0) is 15.3. The summed E-state index contributed by atoms with van der Waals surface area (Å²) in [5.41, 5.74) is 4.08. The minimum Gasteiger partial charge on any atom is -0.466 e. The Morgan fingerprint density at radius 1 is 1.60 bits per heavy atom. The van der Waals surface area contributed by atoms with Crippen molar-refractivity contribution in [3.63, 3.8) is 0 Å². The first-order valence-corrected chi connectivity index (χ1v) is 7.22. The number of alkyl halides is 1. The number of carbonyl (C=O) groups excluding carboxylic acids is 2. The van der Waals surface area contributed by atoms with E-state index in [4.69, 9.17) is 22.1 Å². The van der Waals surface area contributed by atoms with E-state index in [9.17, 15) is 14.7 Å². The fourth-order valence-corrected chi connectivity index (χ4v) is 4.12. The number of ketones is 1. The lowest BCUT2D eigenvalue weighted by atomic mass is 9.49. The highest BCUT2D eigenvalue weighted by molar-refractivity contribution is 6.21. The van der Waals surface area contributed by atoms with Crippen LogP contribution in [-0.2, 0) is 14.3 Å². The van der Waals surface area contributed by atoms with Crippen molar-refractivity contribution in [2.45, 2.75) is 32.4 Å². The summed E-state index contributed by atoms with van der Waals surface area (Å²) in [6, 6.07) is -0.689. The van der Waals surface area contributed by atoms with Crippen molar-refractivity contribution >= 4 is 23.4 Å². The maximum Gasteiger partial charge on any atom is 0.311 e. The molecule has 0 radical (unpaired) electrons. The molecule has 3 aliphatic carbocycles. The van der Waals surface area contributed by atoms with Crippen LogP contribution in [-0.4, -0.2) is 41.0 Å². The molecule has 0 aromatic carbocycles. The molecule has 2 bridgehead atoms. The van der Waals surface area contributed by atoms with Gasteiger partial charge in [0.2, 0.25) is 0 Å². The number of rotatable bonds is 3. The van der Waals surface area contributed by atoms with Crippen molar-refractivity contribution in [3.8, 4) is 0 Å². The molecule has 5 atom stereocenters. The van der Waals surface area contributed by atoms with E-state index in [1.165, 1.54) is 0 Å². The van der Waals surface area contributed by atoms with E-state index in [0.717, 1.165) is 5.57 Å². The van der Waals surface area contributed by atoms with Crippen molar-refractivity contribution in [1.82, 2.24) is 0 Å². The van der Waals surface area contributed by atoms with Crippen molar-refractivity contribution in [2.75, 3.05) is 12.5 Å². The van der Waals surface area contributed by atoms with Gasteiger partial charge < -0.3 is 15.6 Å². The van der Waals surface area contributed by atoms with Crippen molar-refractivity contribution < 1.29 is 19.4 Å². The van der Waals surface area contributed by atoms with Crippen LogP contribution < -0.4 is 5.73 Å². The Morgan fingerprint density at radius 2 is 2.20 bits per heavy atom. The molecule has 5 nitrogen and oxygen atoms in total. The van der Waals surface area contributed by atoms with Gasteiger partial charge in [0.05, 0.1) is 23.8 Å². The summed E-state index contributed by atoms with van der Waals surface area (Å²) in [6.07, 6.45) is 1.73. The normalized spacial score (nSPS) is 43.4. The number of esters is 1. The first-order chi connectivity index (χ1) is 9.24. The van der Waals surface area contributed by atoms with Crippen LogP contribution in [0.15, 0.2) is 11.6 Å². The molecular formula is C14H20ClNO4. The number of hydrogen-bond donors (Lipinski definition) is 2. The summed E-state index contributed by atoms with van der Waals surface area (Å²) >= 11 is 5.82. The van der Waals surface area contributed by atoms with Gasteiger partial charge in [0.25, 0.3) is 0 Å². The molecule has 112 valence electrons. The minimum absolute atomic E-state index is 0.222. The SMILES string of the molecule is CCOC(=O)[C@@H]1[C@@H](N)[C@H]2C(C)=C[C@]1(C)C(=O)[C@]2(O)CCl. The lowest BCUT2D eigenvalue weighted by molar-refractivity contribution is -0.175.